The molecule has 1 aromatic carbocycles. The maximum Gasteiger partial charge on any atom is 0.407 e. The molecule has 29 heavy (non-hydrogen) atoms. The molecule has 2 aromatic rings. The average Bonchev–Trinajstić information content (AvgIpc) is 3.13. The van der Waals surface area contributed by atoms with Crippen molar-refractivity contribution < 1.29 is 23.8 Å². The maximum absolute atomic E-state index is 12.3. The van der Waals surface area contributed by atoms with Crippen LogP contribution in [0.5, 0.6) is 0 Å². The highest BCUT2D eigenvalue weighted by Crippen LogP contribution is 2.26. The molecular formula is C21H28N3O5-. The van der Waals surface area contributed by atoms with Crippen molar-refractivity contribution in [1.82, 2.24) is 15.5 Å². The maximum atomic E-state index is 12.3. The molecule has 158 valence electrons. The summed E-state index contributed by atoms with van der Waals surface area (Å²) in [4.78, 5) is 23.5. The molecule has 1 N–H and O–H groups in total. The first-order chi connectivity index (χ1) is 13.7. The number of carboxylic acids is 1. The van der Waals surface area contributed by atoms with Crippen LogP contribution >= 0.6 is 0 Å². The van der Waals surface area contributed by atoms with Crippen molar-refractivity contribution in [2.24, 2.45) is 5.41 Å². The number of carbonyl (C=O) groups is 2. The number of benzene rings is 1. The Morgan fingerprint density at radius 2 is 1.90 bits per heavy atom. The van der Waals surface area contributed by atoms with Crippen LogP contribution in [0, 0.1) is 5.41 Å². The lowest BCUT2D eigenvalue weighted by molar-refractivity contribution is -0.308. The fraction of sp³-hybridized carbons (Fsp3) is 0.524. The van der Waals surface area contributed by atoms with Gasteiger partial charge in [-0.3, -0.25) is 0 Å². The summed E-state index contributed by atoms with van der Waals surface area (Å²) < 4.78 is 11.2. The van der Waals surface area contributed by atoms with Gasteiger partial charge in [-0.25, -0.2) is 4.79 Å². The molecule has 0 aliphatic carbocycles. The van der Waals surface area contributed by atoms with E-state index in [2.05, 4.69) is 15.5 Å². The van der Waals surface area contributed by atoms with Crippen molar-refractivity contribution in [3.63, 3.8) is 0 Å². The summed E-state index contributed by atoms with van der Waals surface area (Å²) in [6, 6.07) is 8.27. The fourth-order valence-corrected chi connectivity index (χ4v) is 2.68. The second kappa shape index (κ2) is 10.0. The number of carbonyl (C=O) groups excluding carboxylic acids is 2. The van der Waals surface area contributed by atoms with E-state index in [9.17, 15) is 14.7 Å². The Hall–Kier alpha value is -2.90. The van der Waals surface area contributed by atoms with Crippen LogP contribution in [0.2, 0.25) is 0 Å². The molecule has 1 amide bonds. The number of unbranched alkanes of at least 4 members (excludes halogenated alkanes) is 1. The summed E-state index contributed by atoms with van der Waals surface area (Å²) in [5, 5.41) is 21.7. The number of hydrogen-bond acceptors (Lipinski definition) is 7. The van der Waals surface area contributed by atoms with E-state index in [0.717, 1.165) is 12.0 Å². The van der Waals surface area contributed by atoms with Gasteiger partial charge in [0.1, 0.15) is 6.10 Å². The Bertz CT molecular complexity index is 798. The van der Waals surface area contributed by atoms with Gasteiger partial charge in [0.15, 0.2) is 0 Å². The number of nitrogens with zero attached hydrogens (tertiary/aromatic N) is 2. The molecule has 2 atom stereocenters. The van der Waals surface area contributed by atoms with Gasteiger partial charge >= 0.3 is 6.09 Å². The Labute approximate surface area is 170 Å². The van der Waals surface area contributed by atoms with E-state index in [4.69, 9.17) is 9.15 Å². The lowest BCUT2D eigenvalue weighted by Gasteiger charge is -2.30. The molecule has 0 spiro atoms. The fourth-order valence-electron chi connectivity index (χ4n) is 2.68. The van der Waals surface area contributed by atoms with Crippen LogP contribution in [-0.2, 0) is 16.0 Å². The van der Waals surface area contributed by atoms with Crippen molar-refractivity contribution in [3.05, 3.63) is 36.2 Å². The third-order valence-electron chi connectivity index (χ3n) is 4.49. The molecule has 0 fully saturated rings. The molecule has 2 rings (SSSR count). The van der Waals surface area contributed by atoms with Gasteiger partial charge < -0.3 is 24.4 Å². The van der Waals surface area contributed by atoms with E-state index in [1.807, 2.05) is 58.0 Å². The van der Waals surface area contributed by atoms with Gasteiger partial charge in [0.2, 0.25) is 11.8 Å². The normalized spacial score (nSPS) is 13.5. The van der Waals surface area contributed by atoms with Crippen molar-refractivity contribution in [1.29, 1.82) is 0 Å². The van der Waals surface area contributed by atoms with Crippen molar-refractivity contribution in [2.45, 2.75) is 65.5 Å². The van der Waals surface area contributed by atoms with Crippen LogP contribution in [-0.4, -0.2) is 34.4 Å². The van der Waals surface area contributed by atoms with Gasteiger partial charge in [-0.15, -0.1) is 10.2 Å². The second-order valence-corrected chi connectivity index (χ2v) is 7.99. The number of alkyl carbamates (subject to hydrolysis) is 1. The van der Waals surface area contributed by atoms with Crippen molar-refractivity contribution in [2.75, 3.05) is 0 Å². The van der Waals surface area contributed by atoms with Crippen LogP contribution in [0.4, 0.5) is 4.79 Å². The van der Waals surface area contributed by atoms with Crippen LogP contribution < -0.4 is 10.4 Å². The summed E-state index contributed by atoms with van der Waals surface area (Å²) in [7, 11) is 0. The van der Waals surface area contributed by atoms with E-state index < -0.39 is 29.6 Å². The number of aliphatic carboxylic acids is 1. The molecular weight excluding hydrogens is 374 g/mol. The third-order valence-corrected chi connectivity index (χ3v) is 4.49. The Kier molecular flexibility index (Phi) is 7.75. The number of rotatable bonds is 9. The molecule has 1 heterocycles. The number of carboxylic acid groups (broad SMARTS) is 1. The van der Waals surface area contributed by atoms with E-state index in [-0.39, 0.29) is 12.8 Å². The molecule has 0 bridgehead atoms. The van der Waals surface area contributed by atoms with E-state index >= 15 is 0 Å². The lowest BCUT2D eigenvalue weighted by Crippen LogP contribution is -2.49. The average molecular weight is 402 g/mol. The van der Waals surface area contributed by atoms with E-state index in [0.29, 0.717) is 18.2 Å². The summed E-state index contributed by atoms with van der Waals surface area (Å²) in [5.74, 6) is -0.611. The van der Waals surface area contributed by atoms with Gasteiger partial charge in [-0.2, -0.15) is 0 Å². The van der Waals surface area contributed by atoms with Gasteiger partial charge in [0.25, 0.3) is 0 Å². The molecule has 0 aliphatic rings. The SMILES string of the molecule is CCCC[C@H](NC(=O)O[C@@H](Cc1nnc(-c2ccccc2)o1)C(C)(C)C)C(=O)[O-]. The van der Waals surface area contributed by atoms with Crippen molar-refractivity contribution >= 4 is 12.1 Å². The third kappa shape index (κ3) is 6.89. The molecule has 0 radical (unpaired) electrons. The first-order valence-corrected chi connectivity index (χ1v) is 9.76. The van der Waals surface area contributed by atoms with Gasteiger partial charge in [-0.05, 0) is 24.0 Å². The Morgan fingerprint density at radius 3 is 2.48 bits per heavy atom. The highest BCUT2D eigenvalue weighted by molar-refractivity contribution is 5.78. The minimum Gasteiger partial charge on any atom is -0.548 e. The first kappa shape index (κ1) is 22.4. The summed E-state index contributed by atoms with van der Waals surface area (Å²) in [6.07, 6.45) is 0.566. The summed E-state index contributed by atoms with van der Waals surface area (Å²) in [5.41, 5.74) is 0.365. The molecule has 0 aliphatic heterocycles. The van der Waals surface area contributed by atoms with Crippen LogP contribution in [0.1, 0.15) is 52.8 Å². The number of aromatic nitrogens is 2. The topological polar surface area (TPSA) is 117 Å². The van der Waals surface area contributed by atoms with Gasteiger partial charge in [0, 0.05) is 5.56 Å². The molecule has 8 heteroatoms. The number of amides is 1. The van der Waals surface area contributed by atoms with Gasteiger partial charge in [0.05, 0.1) is 18.4 Å². The van der Waals surface area contributed by atoms with E-state index in [1.54, 1.807) is 0 Å². The van der Waals surface area contributed by atoms with E-state index in [1.165, 1.54) is 0 Å². The lowest BCUT2D eigenvalue weighted by atomic mass is 9.87. The van der Waals surface area contributed by atoms with Crippen LogP contribution in [0.3, 0.4) is 0 Å². The number of nitrogens with one attached hydrogen (secondary N) is 1. The smallest absolute Gasteiger partial charge is 0.407 e. The molecule has 1 aromatic heterocycles. The largest absolute Gasteiger partial charge is 0.548 e. The highest BCUT2D eigenvalue weighted by atomic mass is 16.6. The molecule has 0 saturated carbocycles. The minimum absolute atomic E-state index is 0.210. The van der Waals surface area contributed by atoms with Crippen LogP contribution in [0.15, 0.2) is 34.7 Å². The Morgan fingerprint density at radius 1 is 1.21 bits per heavy atom. The predicted molar refractivity (Wildman–Crippen MR) is 105 cm³/mol. The zero-order chi connectivity index (χ0) is 21.4. The Balaban J connectivity index is 2.05. The molecule has 8 nitrogen and oxygen atoms in total. The quantitative estimate of drug-likeness (QED) is 0.685. The summed E-state index contributed by atoms with van der Waals surface area (Å²) in [6.45, 7) is 7.67. The van der Waals surface area contributed by atoms with Gasteiger partial charge in [-0.1, -0.05) is 58.7 Å². The molecule has 0 unspecified atom stereocenters. The number of hydrogen-bond donors (Lipinski definition) is 1. The zero-order valence-electron chi connectivity index (χ0n) is 17.3. The second-order valence-electron chi connectivity index (χ2n) is 7.99. The monoisotopic (exact) mass is 402 g/mol. The zero-order valence-corrected chi connectivity index (χ0v) is 17.3. The standard InChI is InChI=1S/C21H29N3O5/c1-5-6-12-15(19(25)26)22-20(27)28-16(21(2,3)4)13-17-23-24-18(29-17)14-10-8-7-9-11-14/h7-11,15-16H,5-6,12-13H2,1-4H3,(H,22,27)(H,25,26)/p-1/t15-,16-/m0/s1. The summed E-state index contributed by atoms with van der Waals surface area (Å²) >= 11 is 0. The number of ether oxygens (including phenoxy) is 1. The highest BCUT2D eigenvalue weighted by Gasteiger charge is 2.31. The van der Waals surface area contributed by atoms with Crippen molar-refractivity contribution in [3.8, 4) is 11.5 Å². The minimum atomic E-state index is -1.33. The first-order valence-electron chi connectivity index (χ1n) is 9.76. The molecule has 0 saturated heterocycles. The predicted octanol–water partition coefficient (Wildman–Crippen LogP) is 2.73. The van der Waals surface area contributed by atoms with Crippen LogP contribution in [0.25, 0.3) is 11.5 Å².